The van der Waals surface area contributed by atoms with Gasteiger partial charge in [0.1, 0.15) is 12.2 Å². The zero-order valence-corrected chi connectivity index (χ0v) is 14.2. The predicted octanol–water partition coefficient (Wildman–Crippen LogP) is 1.26. The molecule has 2 aromatic rings. The van der Waals surface area contributed by atoms with Crippen molar-refractivity contribution in [1.29, 1.82) is 0 Å². The van der Waals surface area contributed by atoms with Crippen LogP contribution in [0.25, 0.3) is 0 Å². The lowest BCUT2D eigenvalue weighted by atomic mass is 10.1. The number of aliphatic carboxylic acids is 1. The van der Waals surface area contributed by atoms with Crippen LogP contribution in [0.15, 0.2) is 12.4 Å². The largest absolute Gasteiger partial charge is 0.480 e. The van der Waals surface area contributed by atoms with Crippen LogP contribution in [0.1, 0.15) is 42.5 Å². The SMILES string of the molecule is CC(C)(C)n1ncc(C(=O)NCc2cn(CC(=O)O)nn2)c1C(F)(F)F. The quantitative estimate of drug-likeness (QED) is 0.814. The maximum absolute atomic E-state index is 13.4. The molecule has 0 aliphatic rings. The van der Waals surface area contributed by atoms with Gasteiger partial charge in [0, 0.05) is 0 Å². The number of carbonyl (C=O) groups is 2. The highest BCUT2D eigenvalue weighted by Crippen LogP contribution is 2.34. The van der Waals surface area contributed by atoms with Gasteiger partial charge in [0.05, 0.1) is 30.0 Å². The minimum absolute atomic E-state index is 0.205. The van der Waals surface area contributed by atoms with E-state index in [0.29, 0.717) is 0 Å². The van der Waals surface area contributed by atoms with E-state index in [4.69, 9.17) is 5.11 Å². The van der Waals surface area contributed by atoms with E-state index < -0.39 is 41.4 Å². The summed E-state index contributed by atoms with van der Waals surface area (Å²) in [5.41, 5.74) is -2.51. The van der Waals surface area contributed by atoms with Crippen LogP contribution < -0.4 is 5.32 Å². The summed E-state index contributed by atoms with van der Waals surface area (Å²) in [5, 5.41) is 21.8. The Bertz CT molecular complexity index is 819. The van der Waals surface area contributed by atoms with Gasteiger partial charge >= 0.3 is 12.1 Å². The van der Waals surface area contributed by atoms with Crippen LogP contribution in [0.3, 0.4) is 0 Å². The molecule has 0 bridgehead atoms. The van der Waals surface area contributed by atoms with Crippen molar-refractivity contribution < 1.29 is 27.9 Å². The molecule has 0 saturated heterocycles. The number of hydrogen-bond donors (Lipinski definition) is 2. The molecule has 12 heteroatoms. The van der Waals surface area contributed by atoms with E-state index in [9.17, 15) is 22.8 Å². The van der Waals surface area contributed by atoms with Crippen LogP contribution in [-0.2, 0) is 29.6 Å². The lowest BCUT2D eigenvalue weighted by Crippen LogP contribution is -2.31. The van der Waals surface area contributed by atoms with Gasteiger partial charge in [0.25, 0.3) is 5.91 Å². The van der Waals surface area contributed by atoms with Crippen LogP contribution in [0.2, 0.25) is 0 Å². The molecule has 9 nitrogen and oxygen atoms in total. The second kappa shape index (κ2) is 6.77. The zero-order valence-electron chi connectivity index (χ0n) is 14.2. The number of carbonyl (C=O) groups excluding carboxylic acids is 1. The number of alkyl halides is 3. The van der Waals surface area contributed by atoms with Crippen molar-refractivity contribution in [2.45, 2.75) is 45.6 Å². The summed E-state index contributed by atoms with van der Waals surface area (Å²) < 4.78 is 42.0. The third-order valence-corrected chi connectivity index (χ3v) is 3.23. The molecule has 0 saturated carbocycles. The molecule has 1 amide bonds. The minimum Gasteiger partial charge on any atom is -0.480 e. The second-order valence-electron chi connectivity index (χ2n) is 6.47. The van der Waals surface area contributed by atoms with Crippen LogP contribution >= 0.6 is 0 Å². The summed E-state index contributed by atoms with van der Waals surface area (Å²) >= 11 is 0. The van der Waals surface area contributed by atoms with Crippen LogP contribution in [0, 0.1) is 0 Å². The summed E-state index contributed by atoms with van der Waals surface area (Å²) in [4.78, 5) is 22.8. The topological polar surface area (TPSA) is 115 Å². The van der Waals surface area contributed by atoms with Crippen LogP contribution in [0.5, 0.6) is 0 Å². The molecule has 0 aliphatic carbocycles. The summed E-state index contributed by atoms with van der Waals surface area (Å²) in [6.45, 7) is 3.99. The van der Waals surface area contributed by atoms with E-state index in [2.05, 4.69) is 20.7 Å². The Hall–Kier alpha value is -2.92. The number of carboxylic acid groups (broad SMARTS) is 1. The Morgan fingerprint density at radius 2 is 1.92 bits per heavy atom. The molecule has 0 spiro atoms. The van der Waals surface area contributed by atoms with E-state index >= 15 is 0 Å². The van der Waals surface area contributed by atoms with Crippen molar-refractivity contribution in [3.05, 3.63) is 29.3 Å². The van der Waals surface area contributed by atoms with Gasteiger partial charge in [-0.15, -0.1) is 5.10 Å². The average molecular weight is 374 g/mol. The summed E-state index contributed by atoms with van der Waals surface area (Å²) in [6, 6.07) is 0. The summed E-state index contributed by atoms with van der Waals surface area (Å²) in [7, 11) is 0. The monoisotopic (exact) mass is 374 g/mol. The molecule has 2 rings (SSSR count). The molecule has 0 aromatic carbocycles. The molecule has 0 unspecified atom stereocenters. The Labute approximate surface area is 145 Å². The third-order valence-electron chi connectivity index (χ3n) is 3.23. The normalized spacial score (nSPS) is 12.2. The minimum atomic E-state index is -4.76. The van der Waals surface area contributed by atoms with Crippen LogP contribution in [0.4, 0.5) is 13.2 Å². The van der Waals surface area contributed by atoms with Crippen molar-refractivity contribution in [2.24, 2.45) is 0 Å². The van der Waals surface area contributed by atoms with E-state index in [1.807, 2.05) is 0 Å². The highest BCUT2D eigenvalue weighted by atomic mass is 19.4. The zero-order chi connectivity index (χ0) is 19.7. The number of nitrogens with zero attached hydrogens (tertiary/aromatic N) is 5. The highest BCUT2D eigenvalue weighted by Gasteiger charge is 2.42. The first-order valence-corrected chi connectivity index (χ1v) is 7.44. The van der Waals surface area contributed by atoms with E-state index in [0.717, 1.165) is 15.6 Å². The van der Waals surface area contributed by atoms with Gasteiger partial charge in [-0.25, -0.2) is 4.68 Å². The third kappa shape index (κ3) is 4.37. The fourth-order valence-corrected chi connectivity index (χ4v) is 2.20. The molecule has 2 aromatic heterocycles. The van der Waals surface area contributed by atoms with Crippen molar-refractivity contribution in [3.8, 4) is 0 Å². The van der Waals surface area contributed by atoms with Gasteiger partial charge in [-0.2, -0.15) is 18.3 Å². The lowest BCUT2D eigenvalue weighted by Gasteiger charge is -2.23. The molecular formula is C14H17F3N6O3. The van der Waals surface area contributed by atoms with Crippen LogP contribution in [-0.4, -0.2) is 41.8 Å². The summed E-state index contributed by atoms with van der Waals surface area (Å²) in [5.74, 6) is -2.10. The van der Waals surface area contributed by atoms with Crippen molar-refractivity contribution in [2.75, 3.05) is 0 Å². The van der Waals surface area contributed by atoms with Crippen molar-refractivity contribution in [1.82, 2.24) is 30.1 Å². The first-order chi connectivity index (χ1) is 11.9. The second-order valence-corrected chi connectivity index (χ2v) is 6.47. The van der Waals surface area contributed by atoms with Crippen molar-refractivity contribution >= 4 is 11.9 Å². The van der Waals surface area contributed by atoms with Gasteiger partial charge in [-0.05, 0) is 20.8 Å². The van der Waals surface area contributed by atoms with Gasteiger partial charge in [0.15, 0.2) is 5.69 Å². The smallest absolute Gasteiger partial charge is 0.433 e. The highest BCUT2D eigenvalue weighted by molar-refractivity contribution is 5.95. The number of carboxylic acids is 1. The molecule has 0 atom stereocenters. The number of hydrogen-bond acceptors (Lipinski definition) is 5. The van der Waals surface area contributed by atoms with Crippen molar-refractivity contribution in [3.63, 3.8) is 0 Å². The standard InChI is InChI=1S/C14H17F3N6O3/c1-13(2,3)23-11(14(15,16)17)9(5-19-23)12(26)18-4-8-6-22(21-20-8)7-10(24)25/h5-6H,4,7H2,1-3H3,(H,18,26)(H,24,25). The summed E-state index contributed by atoms with van der Waals surface area (Å²) in [6.07, 6.45) is -2.62. The Morgan fingerprint density at radius 3 is 2.46 bits per heavy atom. The molecule has 2 N–H and O–H groups in total. The maximum Gasteiger partial charge on any atom is 0.433 e. The fraction of sp³-hybridized carbons (Fsp3) is 0.500. The molecule has 0 aliphatic heterocycles. The molecular weight excluding hydrogens is 357 g/mol. The lowest BCUT2D eigenvalue weighted by molar-refractivity contribution is -0.146. The number of nitrogens with one attached hydrogen (secondary N) is 1. The van der Waals surface area contributed by atoms with Gasteiger partial charge in [0.2, 0.25) is 0 Å². The maximum atomic E-state index is 13.4. The molecule has 0 fully saturated rings. The number of halogens is 3. The Morgan fingerprint density at radius 1 is 1.27 bits per heavy atom. The molecule has 142 valence electrons. The molecule has 26 heavy (non-hydrogen) atoms. The first-order valence-electron chi connectivity index (χ1n) is 7.44. The Balaban J connectivity index is 2.18. The number of amides is 1. The van der Waals surface area contributed by atoms with E-state index in [-0.39, 0.29) is 12.2 Å². The Kier molecular flexibility index (Phi) is 5.05. The van der Waals surface area contributed by atoms with E-state index in [1.54, 1.807) is 0 Å². The number of rotatable bonds is 5. The molecule has 2 heterocycles. The van der Waals surface area contributed by atoms with Gasteiger partial charge in [-0.3, -0.25) is 14.3 Å². The van der Waals surface area contributed by atoms with E-state index in [1.165, 1.54) is 27.0 Å². The van der Waals surface area contributed by atoms with Gasteiger partial charge in [-0.1, -0.05) is 5.21 Å². The first kappa shape index (κ1) is 19.4. The number of aromatic nitrogens is 5. The fourth-order valence-electron chi connectivity index (χ4n) is 2.20. The average Bonchev–Trinajstić information content (AvgIpc) is 3.09. The molecule has 0 radical (unpaired) electrons. The van der Waals surface area contributed by atoms with Gasteiger partial charge < -0.3 is 10.4 Å². The predicted molar refractivity (Wildman–Crippen MR) is 81.1 cm³/mol.